The number of benzene rings is 1. The highest BCUT2D eigenvalue weighted by atomic mass is 16.3. The molecule has 134 valence electrons. The number of pyridine rings is 2. The number of phenols is 1. The summed E-state index contributed by atoms with van der Waals surface area (Å²) in [5.74, 6) is -1.59. The van der Waals surface area contributed by atoms with Gasteiger partial charge in [-0.3, -0.25) is 9.59 Å². The first-order chi connectivity index (χ1) is 12.3. The summed E-state index contributed by atoms with van der Waals surface area (Å²) in [5, 5.41) is 30.3. The molecule has 0 saturated carbocycles. The van der Waals surface area contributed by atoms with E-state index in [1.54, 1.807) is 13.8 Å². The van der Waals surface area contributed by atoms with Gasteiger partial charge in [-0.2, -0.15) is 0 Å². The van der Waals surface area contributed by atoms with Crippen LogP contribution in [0.3, 0.4) is 0 Å². The molecular weight excluding hydrogens is 336 g/mol. The van der Waals surface area contributed by atoms with Gasteiger partial charge in [0.25, 0.3) is 11.1 Å². The maximum atomic E-state index is 12.5. The Morgan fingerprint density at radius 3 is 1.58 bits per heavy atom. The quantitative estimate of drug-likeness (QED) is 0.491. The Hall–Kier alpha value is -3.48. The summed E-state index contributed by atoms with van der Waals surface area (Å²) in [4.78, 5) is 30.3. The van der Waals surface area contributed by atoms with Crippen LogP contribution < -0.4 is 11.1 Å². The minimum absolute atomic E-state index is 0.0107. The van der Waals surface area contributed by atoms with Crippen molar-refractivity contribution in [1.82, 2.24) is 9.97 Å². The van der Waals surface area contributed by atoms with Crippen molar-refractivity contribution in [1.29, 1.82) is 0 Å². The zero-order valence-electron chi connectivity index (χ0n) is 14.2. The van der Waals surface area contributed by atoms with Crippen LogP contribution in [0, 0.1) is 13.8 Å². The van der Waals surface area contributed by atoms with Crippen LogP contribution in [-0.4, -0.2) is 25.3 Å². The molecule has 0 radical (unpaired) electrons. The first kappa shape index (κ1) is 17.3. The minimum Gasteiger partial charge on any atom is -0.508 e. The predicted molar refractivity (Wildman–Crippen MR) is 96.0 cm³/mol. The van der Waals surface area contributed by atoms with E-state index >= 15 is 0 Å². The van der Waals surface area contributed by atoms with Crippen molar-refractivity contribution in [3.05, 3.63) is 85.2 Å². The van der Waals surface area contributed by atoms with Gasteiger partial charge < -0.3 is 25.3 Å². The van der Waals surface area contributed by atoms with Gasteiger partial charge in [0, 0.05) is 11.4 Å². The summed E-state index contributed by atoms with van der Waals surface area (Å²) in [6, 6.07) is 8.62. The SMILES string of the molecule is Cc1cc(O)c(C(c2ccc(O)cc2)c2c(O)cc(C)[nH]c2=O)c(=O)[nH]1. The van der Waals surface area contributed by atoms with E-state index in [2.05, 4.69) is 9.97 Å². The molecule has 7 nitrogen and oxygen atoms in total. The van der Waals surface area contributed by atoms with Crippen LogP contribution in [0.4, 0.5) is 0 Å². The lowest BCUT2D eigenvalue weighted by Crippen LogP contribution is -2.24. The van der Waals surface area contributed by atoms with Gasteiger partial charge in [0.05, 0.1) is 17.0 Å². The third kappa shape index (κ3) is 3.06. The Kier molecular flexibility index (Phi) is 4.29. The van der Waals surface area contributed by atoms with Gasteiger partial charge >= 0.3 is 0 Å². The molecule has 7 heteroatoms. The fourth-order valence-corrected chi connectivity index (χ4v) is 3.07. The largest absolute Gasteiger partial charge is 0.508 e. The summed E-state index contributed by atoms with van der Waals surface area (Å²) in [6.07, 6.45) is 0. The molecule has 0 fully saturated rings. The Bertz CT molecular complexity index is 1020. The van der Waals surface area contributed by atoms with Crippen molar-refractivity contribution in [2.45, 2.75) is 19.8 Å². The van der Waals surface area contributed by atoms with E-state index < -0.39 is 17.0 Å². The average Bonchev–Trinajstić information content (AvgIpc) is 2.52. The Labute approximate surface area is 148 Å². The van der Waals surface area contributed by atoms with Gasteiger partial charge in [-0.05, 0) is 43.7 Å². The molecule has 5 N–H and O–H groups in total. The average molecular weight is 354 g/mol. The number of aryl methyl sites for hydroxylation is 2. The number of rotatable bonds is 3. The van der Waals surface area contributed by atoms with Crippen LogP contribution in [0.15, 0.2) is 46.0 Å². The van der Waals surface area contributed by atoms with Crippen molar-refractivity contribution >= 4 is 0 Å². The van der Waals surface area contributed by atoms with Crippen LogP contribution in [0.25, 0.3) is 0 Å². The first-order valence-electron chi connectivity index (χ1n) is 7.92. The van der Waals surface area contributed by atoms with E-state index in [9.17, 15) is 24.9 Å². The van der Waals surface area contributed by atoms with E-state index in [-0.39, 0.29) is 28.4 Å². The predicted octanol–water partition coefficient (Wildman–Crippen LogP) is 1.98. The summed E-state index contributed by atoms with van der Waals surface area (Å²) in [6.45, 7) is 3.24. The zero-order valence-corrected chi connectivity index (χ0v) is 14.2. The Balaban J connectivity index is 2.38. The molecule has 0 aliphatic carbocycles. The van der Waals surface area contributed by atoms with Gasteiger partial charge in [-0.15, -0.1) is 0 Å². The van der Waals surface area contributed by atoms with Crippen molar-refractivity contribution in [2.75, 3.05) is 0 Å². The summed E-state index contributed by atoms with van der Waals surface area (Å²) in [5.41, 5.74) is 0.111. The van der Waals surface area contributed by atoms with Gasteiger partial charge in [0.15, 0.2) is 0 Å². The standard InChI is InChI=1S/C19H18N2O5/c1-9-7-13(23)16(18(25)20-9)15(11-3-5-12(22)6-4-11)17-14(24)8-10(2)21-19(17)26/h3-8,15,22H,1-2H3,(H2,20,23,25)(H2,21,24,26). The van der Waals surface area contributed by atoms with E-state index in [0.717, 1.165) is 0 Å². The number of hydrogen-bond donors (Lipinski definition) is 5. The summed E-state index contributed by atoms with van der Waals surface area (Å²) >= 11 is 0. The molecule has 2 aromatic heterocycles. The van der Waals surface area contributed by atoms with Crippen LogP contribution in [0.2, 0.25) is 0 Å². The molecule has 3 aromatic rings. The number of aromatic nitrogens is 2. The lowest BCUT2D eigenvalue weighted by Gasteiger charge is -2.19. The Morgan fingerprint density at radius 1 is 0.769 bits per heavy atom. The fraction of sp³-hybridized carbons (Fsp3) is 0.158. The van der Waals surface area contributed by atoms with Gasteiger partial charge in [0.1, 0.15) is 17.2 Å². The normalized spacial score (nSPS) is 11.0. The zero-order chi connectivity index (χ0) is 19.0. The van der Waals surface area contributed by atoms with E-state index in [1.165, 1.54) is 36.4 Å². The molecule has 3 rings (SSSR count). The van der Waals surface area contributed by atoms with Crippen LogP contribution in [0.1, 0.15) is 34.0 Å². The number of nitrogens with one attached hydrogen (secondary N) is 2. The molecule has 0 bridgehead atoms. The molecule has 0 spiro atoms. The highest BCUT2D eigenvalue weighted by Gasteiger charge is 2.28. The second-order valence-corrected chi connectivity index (χ2v) is 6.19. The molecule has 0 aliphatic heterocycles. The van der Waals surface area contributed by atoms with Crippen molar-refractivity contribution in [3.8, 4) is 17.2 Å². The van der Waals surface area contributed by atoms with E-state index in [1.807, 2.05) is 0 Å². The smallest absolute Gasteiger partial charge is 0.256 e. The van der Waals surface area contributed by atoms with Crippen molar-refractivity contribution in [2.24, 2.45) is 0 Å². The lowest BCUT2D eigenvalue weighted by atomic mass is 9.85. The number of hydrogen-bond acceptors (Lipinski definition) is 5. The van der Waals surface area contributed by atoms with Gasteiger partial charge in [0.2, 0.25) is 0 Å². The minimum atomic E-state index is -1.02. The van der Waals surface area contributed by atoms with Crippen LogP contribution in [0.5, 0.6) is 17.2 Å². The molecule has 1 aromatic carbocycles. The highest BCUT2D eigenvalue weighted by Crippen LogP contribution is 2.37. The number of aromatic amines is 2. The van der Waals surface area contributed by atoms with Crippen molar-refractivity contribution in [3.63, 3.8) is 0 Å². The van der Waals surface area contributed by atoms with Crippen LogP contribution >= 0.6 is 0 Å². The van der Waals surface area contributed by atoms with E-state index in [0.29, 0.717) is 17.0 Å². The number of H-pyrrole nitrogens is 2. The summed E-state index contributed by atoms with van der Waals surface area (Å²) in [7, 11) is 0. The maximum absolute atomic E-state index is 12.5. The molecule has 0 amide bonds. The third-order valence-corrected chi connectivity index (χ3v) is 4.17. The fourth-order valence-electron chi connectivity index (χ4n) is 3.07. The molecule has 0 aliphatic rings. The monoisotopic (exact) mass is 354 g/mol. The molecule has 0 unspecified atom stereocenters. The van der Waals surface area contributed by atoms with Crippen LogP contribution in [-0.2, 0) is 0 Å². The summed E-state index contributed by atoms with van der Waals surface area (Å²) < 4.78 is 0. The lowest BCUT2D eigenvalue weighted by molar-refractivity contribution is 0.454. The highest BCUT2D eigenvalue weighted by molar-refractivity contribution is 5.52. The van der Waals surface area contributed by atoms with E-state index in [4.69, 9.17) is 0 Å². The molecular formula is C19H18N2O5. The van der Waals surface area contributed by atoms with Gasteiger partial charge in [-0.1, -0.05) is 12.1 Å². The molecule has 26 heavy (non-hydrogen) atoms. The Morgan fingerprint density at radius 2 is 1.19 bits per heavy atom. The second kappa shape index (κ2) is 6.44. The van der Waals surface area contributed by atoms with Crippen molar-refractivity contribution < 1.29 is 15.3 Å². The maximum Gasteiger partial charge on any atom is 0.256 e. The molecule has 0 saturated heterocycles. The number of aromatic hydroxyl groups is 3. The second-order valence-electron chi connectivity index (χ2n) is 6.19. The van der Waals surface area contributed by atoms with Gasteiger partial charge in [-0.25, -0.2) is 0 Å². The molecule has 2 heterocycles. The number of phenolic OH excluding ortho intramolecular Hbond substituents is 1. The first-order valence-corrected chi connectivity index (χ1v) is 7.92. The third-order valence-electron chi connectivity index (χ3n) is 4.17. The molecule has 0 atom stereocenters. The topological polar surface area (TPSA) is 126 Å².